The molecule has 5 heteroatoms. The molecule has 22 heavy (non-hydrogen) atoms. The van der Waals surface area contributed by atoms with E-state index in [9.17, 15) is 9.59 Å². The fraction of sp³-hybridized carbons (Fsp3) is 0.765. The molecule has 0 aromatic heterocycles. The highest BCUT2D eigenvalue weighted by atomic mass is 16.2. The first kappa shape index (κ1) is 17.0. The number of carbonyl (C=O) groups excluding carboxylic acids is 2. The van der Waals surface area contributed by atoms with Gasteiger partial charge in [-0.1, -0.05) is 25.5 Å². The lowest BCUT2D eigenvalue weighted by Crippen LogP contribution is -2.47. The molecule has 3 N–H and O–H groups in total. The Balaban J connectivity index is 1.82. The van der Waals surface area contributed by atoms with E-state index in [-0.39, 0.29) is 29.2 Å². The van der Waals surface area contributed by atoms with Crippen molar-refractivity contribution in [1.82, 2.24) is 10.2 Å². The number of nitrogens with zero attached hydrogens (tertiary/aromatic N) is 1. The van der Waals surface area contributed by atoms with Gasteiger partial charge in [-0.25, -0.2) is 0 Å². The molecule has 1 saturated carbocycles. The minimum atomic E-state index is -0.285. The van der Waals surface area contributed by atoms with Crippen LogP contribution in [0, 0.1) is 17.3 Å². The maximum Gasteiger partial charge on any atom is 0.231 e. The van der Waals surface area contributed by atoms with Gasteiger partial charge < -0.3 is 11.1 Å². The molecule has 2 atom stereocenters. The van der Waals surface area contributed by atoms with Gasteiger partial charge in [-0.05, 0) is 38.0 Å². The van der Waals surface area contributed by atoms with Crippen LogP contribution in [0.25, 0.3) is 0 Å². The molecule has 0 aromatic carbocycles. The minimum Gasteiger partial charge on any atom is -0.369 e. The van der Waals surface area contributed by atoms with Crippen LogP contribution in [0.4, 0.5) is 0 Å². The molecule has 5 nitrogen and oxygen atoms in total. The lowest BCUT2D eigenvalue weighted by molar-refractivity contribution is -0.124. The van der Waals surface area contributed by atoms with E-state index in [4.69, 9.17) is 5.73 Å². The van der Waals surface area contributed by atoms with Gasteiger partial charge in [0.2, 0.25) is 11.8 Å². The van der Waals surface area contributed by atoms with Crippen LogP contribution in [-0.4, -0.2) is 42.4 Å². The molecule has 0 aromatic rings. The Morgan fingerprint density at radius 1 is 1.27 bits per heavy atom. The van der Waals surface area contributed by atoms with E-state index >= 15 is 0 Å². The van der Waals surface area contributed by atoms with E-state index in [1.165, 1.54) is 5.57 Å². The monoisotopic (exact) mass is 307 g/mol. The third-order valence-electron chi connectivity index (χ3n) is 5.02. The maximum absolute atomic E-state index is 12.5. The zero-order chi connectivity index (χ0) is 16.5. The zero-order valence-electron chi connectivity index (χ0n) is 14.2. The number of nitrogens with two attached hydrogens (primary N) is 1. The summed E-state index contributed by atoms with van der Waals surface area (Å²) in [4.78, 5) is 25.5. The molecule has 2 unspecified atom stereocenters. The van der Waals surface area contributed by atoms with Crippen molar-refractivity contribution < 1.29 is 9.59 Å². The van der Waals surface area contributed by atoms with Gasteiger partial charge in [0.15, 0.2) is 0 Å². The predicted molar refractivity (Wildman–Crippen MR) is 87.0 cm³/mol. The summed E-state index contributed by atoms with van der Waals surface area (Å²) < 4.78 is 0. The average Bonchev–Trinajstić information content (AvgIpc) is 2.91. The Hall–Kier alpha value is -1.36. The van der Waals surface area contributed by atoms with Gasteiger partial charge in [-0.3, -0.25) is 14.5 Å². The zero-order valence-corrected chi connectivity index (χ0v) is 14.2. The van der Waals surface area contributed by atoms with Crippen LogP contribution in [0.15, 0.2) is 11.6 Å². The minimum absolute atomic E-state index is 0.0635. The average molecular weight is 307 g/mol. The van der Waals surface area contributed by atoms with Crippen LogP contribution in [-0.2, 0) is 9.59 Å². The Kier molecular flexibility index (Phi) is 4.95. The Morgan fingerprint density at radius 2 is 1.86 bits per heavy atom. The van der Waals surface area contributed by atoms with Gasteiger partial charge in [0.05, 0.1) is 12.5 Å². The van der Waals surface area contributed by atoms with Crippen molar-refractivity contribution >= 4 is 11.8 Å². The highest BCUT2D eigenvalue weighted by Crippen LogP contribution is 2.59. The summed E-state index contributed by atoms with van der Waals surface area (Å²) in [6, 6.07) is 0.223. The van der Waals surface area contributed by atoms with Crippen molar-refractivity contribution in [2.45, 2.75) is 46.6 Å². The van der Waals surface area contributed by atoms with E-state index in [1.807, 2.05) is 0 Å². The van der Waals surface area contributed by atoms with Gasteiger partial charge in [-0.15, -0.1) is 0 Å². The number of amides is 2. The van der Waals surface area contributed by atoms with E-state index in [1.54, 1.807) is 0 Å². The summed E-state index contributed by atoms with van der Waals surface area (Å²) in [6.45, 7) is 10.4. The number of hydrogen-bond acceptors (Lipinski definition) is 3. The van der Waals surface area contributed by atoms with Gasteiger partial charge in [0.25, 0.3) is 0 Å². The highest BCUT2D eigenvalue weighted by molar-refractivity contribution is 5.84. The van der Waals surface area contributed by atoms with E-state index in [2.05, 4.69) is 44.0 Å². The molecule has 0 spiro atoms. The SMILES string of the molecule is CC(C)=CC1C(C(=O)NC2CCN(CC(N)=O)CC2)C1(C)C. The third kappa shape index (κ3) is 3.88. The molecule has 2 aliphatic rings. The summed E-state index contributed by atoms with van der Waals surface area (Å²) in [5.74, 6) is 0.339. The number of nitrogens with one attached hydrogen (secondary N) is 1. The Labute approximate surface area is 133 Å². The van der Waals surface area contributed by atoms with Crippen molar-refractivity contribution in [1.29, 1.82) is 0 Å². The normalized spacial score (nSPS) is 28.0. The van der Waals surface area contributed by atoms with Crippen LogP contribution in [0.3, 0.4) is 0 Å². The van der Waals surface area contributed by atoms with E-state index < -0.39 is 0 Å². The van der Waals surface area contributed by atoms with Crippen molar-refractivity contribution in [3.05, 3.63) is 11.6 Å². The number of primary amides is 1. The summed E-state index contributed by atoms with van der Waals surface area (Å²) in [7, 11) is 0. The first-order valence-electron chi connectivity index (χ1n) is 8.18. The molecule has 0 radical (unpaired) electrons. The molecule has 2 rings (SSSR count). The van der Waals surface area contributed by atoms with Crippen molar-refractivity contribution in [2.24, 2.45) is 23.0 Å². The molecule has 1 saturated heterocycles. The standard InChI is InChI=1S/C17H29N3O2/c1-11(2)9-13-15(17(13,3)4)16(22)19-12-5-7-20(8-6-12)10-14(18)21/h9,12-13,15H,5-8,10H2,1-4H3,(H2,18,21)(H,19,22). The van der Waals surface area contributed by atoms with Crippen LogP contribution in [0.5, 0.6) is 0 Å². The number of piperidine rings is 1. The quantitative estimate of drug-likeness (QED) is 0.752. The first-order valence-corrected chi connectivity index (χ1v) is 8.18. The van der Waals surface area contributed by atoms with Crippen LogP contribution < -0.4 is 11.1 Å². The summed E-state index contributed by atoms with van der Waals surface area (Å²) in [6.07, 6.45) is 4.00. The number of rotatable bonds is 5. The van der Waals surface area contributed by atoms with Crippen LogP contribution in [0.2, 0.25) is 0 Å². The molecule has 0 bridgehead atoms. The van der Waals surface area contributed by atoms with Gasteiger partial charge in [0, 0.05) is 19.1 Å². The smallest absolute Gasteiger partial charge is 0.231 e. The molecule has 1 aliphatic carbocycles. The first-order chi connectivity index (χ1) is 10.2. The van der Waals surface area contributed by atoms with Crippen LogP contribution in [0.1, 0.15) is 40.5 Å². The molecule has 124 valence electrons. The number of hydrogen-bond donors (Lipinski definition) is 2. The lowest BCUT2D eigenvalue weighted by atomic mass is 10.0. The largest absolute Gasteiger partial charge is 0.369 e. The summed E-state index contributed by atoms with van der Waals surface area (Å²) in [5.41, 5.74) is 6.55. The van der Waals surface area contributed by atoms with E-state index in [0.717, 1.165) is 25.9 Å². The second kappa shape index (κ2) is 6.41. The van der Waals surface area contributed by atoms with E-state index in [0.29, 0.717) is 12.5 Å². The maximum atomic E-state index is 12.5. The summed E-state index contributed by atoms with van der Waals surface area (Å²) in [5, 5.41) is 3.20. The second-order valence-electron chi connectivity index (χ2n) is 7.59. The Morgan fingerprint density at radius 3 is 2.36 bits per heavy atom. The van der Waals surface area contributed by atoms with Crippen LogP contribution >= 0.6 is 0 Å². The van der Waals surface area contributed by atoms with Gasteiger partial charge in [-0.2, -0.15) is 0 Å². The second-order valence-corrected chi connectivity index (χ2v) is 7.59. The fourth-order valence-corrected chi connectivity index (χ4v) is 3.60. The van der Waals surface area contributed by atoms with Crippen molar-refractivity contribution in [3.8, 4) is 0 Å². The summed E-state index contributed by atoms with van der Waals surface area (Å²) >= 11 is 0. The van der Waals surface area contributed by atoms with Gasteiger partial charge in [0.1, 0.15) is 0 Å². The molecular formula is C17H29N3O2. The Bertz CT molecular complexity index is 472. The molecule has 2 fully saturated rings. The van der Waals surface area contributed by atoms with Gasteiger partial charge >= 0.3 is 0 Å². The lowest BCUT2D eigenvalue weighted by Gasteiger charge is -2.31. The van der Waals surface area contributed by atoms with Crippen molar-refractivity contribution in [2.75, 3.05) is 19.6 Å². The number of likely N-dealkylation sites (tertiary alicyclic amines) is 1. The fourth-order valence-electron chi connectivity index (χ4n) is 3.60. The molecular weight excluding hydrogens is 278 g/mol. The predicted octanol–water partition coefficient (Wildman–Crippen LogP) is 1.29. The molecule has 1 aliphatic heterocycles. The third-order valence-corrected chi connectivity index (χ3v) is 5.02. The van der Waals surface area contributed by atoms with Crippen molar-refractivity contribution in [3.63, 3.8) is 0 Å². The number of carbonyl (C=O) groups is 2. The number of allylic oxidation sites excluding steroid dienone is 2. The molecule has 1 heterocycles. The topological polar surface area (TPSA) is 75.4 Å². The molecule has 2 amide bonds. The highest BCUT2D eigenvalue weighted by Gasteiger charge is 2.60.